The van der Waals surface area contributed by atoms with Gasteiger partial charge >= 0.3 is 5.69 Å². The molecular weight excluding hydrogens is 378 g/mol. The number of aromatic hydroxyl groups is 1. The van der Waals surface area contributed by atoms with Gasteiger partial charge in [0, 0.05) is 20.1 Å². The fraction of sp³-hybridized carbons (Fsp3) is 0.368. The van der Waals surface area contributed by atoms with Gasteiger partial charge in [-0.2, -0.15) is 0 Å². The Morgan fingerprint density at radius 2 is 1.62 bits per heavy atom. The van der Waals surface area contributed by atoms with E-state index in [2.05, 4.69) is 10.2 Å². The van der Waals surface area contributed by atoms with Gasteiger partial charge in [0.25, 0.3) is 17.4 Å². The predicted molar refractivity (Wildman–Crippen MR) is 104 cm³/mol. The highest BCUT2D eigenvalue weighted by Gasteiger charge is 2.40. The maximum atomic E-state index is 12.9. The molecule has 0 saturated carbocycles. The van der Waals surface area contributed by atoms with Crippen LogP contribution in [0.4, 0.5) is 11.4 Å². The van der Waals surface area contributed by atoms with Crippen LogP contribution in [0.2, 0.25) is 0 Å². The molecule has 3 rings (SSSR count). The van der Waals surface area contributed by atoms with Gasteiger partial charge in [-0.15, -0.1) is 10.2 Å². The van der Waals surface area contributed by atoms with E-state index in [1.54, 1.807) is 12.1 Å². The maximum absolute atomic E-state index is 12.9. The minimum Gasteiger partial charge on any atom is -0.493 e. The highest BCUT2D eigenvalue weighted by molar-refractivity contribution is 6.23. The van der Waals surface area contributed by atoms with Crippen molar-refractivity contribution in [1.82, 2.24) is 14.0 Å². The van der Waals surface area contributed by atoms with E-state index in [1.807, 2.05) is 13.8 Å². The smallest absolute Gasteiger partial charge is 0.333 e. The summed E-state index contributed by atoms with van der Waals surface area (Å²) < 4.78 is 1.64. The van der Waals surface area contributed by atoms with Crippen LogP contribution in [0.15, 0.2) is 38.0 Å². The number of hydrogen-bond donors (Lipinski definition) is 1. The second kappa shape index (κ2) is 7.46. The molecule has 0 spiro atoms. The number of nitrogens with zero attached hydrogens (tertiary/aromatic N) is 5. The van der Waals surface area contributed by atoms with Crippen molar-refractivity contribution in [2.45, 2.75) is 32.7 Å². The average Bonchev–Trinajstić information content (AvgIpc) is 2.97. The van der Waals surface area contributed by atoms with Crippen molar-refractivity contribution < 1.29 is 14.7 Å². The molecule has 29 heavy (non-hydrogen) atoms. The van der Waals surface area contributed by atoms with Crippen LogP contribution in [0.25, 0.3) is 0 Å². The Labute approximate surface area is 165 Å². The number of carbonyl (C=O) groups excluding carboxylic acids is 2. The largest absolute Gasteiger partial charge is 0.493 e. The van der Waals surface area contributed by atoms with Crippen LogP contribution >= 0.6 is 0 Å². The zero-order chi connectivity index (χ0) is 21.5. The van der Waals surface area contributed by atoms with E-state index in [-0.39, 0.29) is 22.9 Å². The zero-order valence-electron chi connectivity index (χ0n) is 16.5. The molecule has 1 aromatic carbocycles. The molecule has 2 aromatic rings. The molecule has 1 aliphatic rings. The highest BCUT2D eigenvalue weighted by Crippen LogP contribution is 2.34. The summed E-state index contributed by atoms with van der Waals surface area (Å²) in [5.74, 6) is -1.50. The van der Waals surface area contributed by atoms with Crippen LogP contribution < -0.4 is 11.2 Å². The molecule has 2 heterocycles. The van der Waals surface area contributed by atoms with E-state index in [9.17, 15) is 24.3 Å². The standard InChI is InChI=1S/C19H21N5O5/c1-5-10(6-2)24-15(25)11-8-7-9-12(13(11)16(24)26)20-21-14-17(27)22(3)19(29)23(4)18(14)28/h7-10,27H,5-6H2,1-4H3. The number of carbonyl (C=O) groups is 2. The molecule has 1 N–H and O–H groups in total. The molecule has 10 nitrogen and oxygen atoms in total. The van der Waals surface area contributed by atoms with Gasteiger partial charge in [0.05, 0.1) is 16.8 Å². The van der Waals surface area contributed by atoms with E-state index >= 15 is 0 Å². The van der Waals surface area contributed by atoms with Gasteiger partial charge in [-0.25, -0.2) is 4.79 Å². The Bertz CT molecular complexity index is 1160. The maximum Gasteiger partial charge on any atom is 0.333 e. The van der Waals surface area contributed by atoms with Gasteiger partial charge in [0.1, 0.15) is 0 Å². The number of hydrogen-bond acceptors (Lipinski definition) is 7. The first-order chi connectivity index (χ1) is 13.7. The molecule has 0 saturated heterocycles. The number of fused-ring (bicyclic) bond motifs is 1. The Kier molecular flexibility index (Phi) is 5.19. The number of rotatable bonds is 5. The molecule has 0 unspecified atom stereocenters. The number of imide groups is 1. The van der Waals surface area contributed by atoms with E-state index in [1.165, 1.54) is 25.1 Å². The summed E-state index contributed by atoms with van der Waals surface area (Å²) in [6.07, 6.45) is 1.25. The van der Waals surface area contributed by atoms with Gasteiger partial charge < -0.3 is 5.11 Å². The lowest BCUT2D eigenvalue weighted by molar-refractivity contribution is 0.0576. The third kappa shape index (κ3) is 3.06. The first-order valence-electron chi connectivity index (χ1n) is 9.16. The SMILES string of the molecule is CCC(CC)N1C(=O)c2cccc(N=Nc3c(O)n(C)c(=O)n(C)c3=O)c2C1=O. The molecule has 0 radical (unpaired) electrons. The summed E-state index contributed by atoms with van der Waals surface area (Å²) >= 11 is 0. The van der Waals surface area contributed by atoms with Crippen molar-refractivity contribution in [3.63, 3.8) is 0 Å². The van der Waals surface area contributed by atoms with Crippen molar-refractivity contribution >= 4 is 23.2 Å². The van der Waals surface area contributed by atoms with Crippen molar-refractivity contribution in [3.8, 4) is 5.88 Å². The summed E-state index contributed by atoms with van der Waals surface area (Å²) in [6.45, 7) is 3.80. The Morgan fingerprint density at radius 3 is 2.24 bits per heavy atom. The van der Waals surface area contributed by atoms with Crippen LogP contribution in [0, 0.1) is 0 Å². The van der Waals surface area contributed by atoms with E-state index in [4.69, 9.17) is 0 Å². The van der Waals surface area contributed by atoms with Gasteiger partial charge in [-0.1, -0.05) is 19.9 Å². The fourth-order valence-electron chi connectivity index (χ4n) is 3.36. The predicted octanol–water partition coefficient (Wildman–Crippen LogP) is 1.99. The van der Waals surface area contributed by atoms with Gasteiger partial charge in [-0.3, -0.25) is 28.4 Å². The Balaban J connectivity index is 2.11. The summed E-state index contributed by atoms with van der Waals surface area (Å²) in [7, 11) is 2.53. The van der Waals surface area contributed by atoms with E-state index in [0.29, 0.717) is 12.8 Å². The van der Waals surface area contributed by atoms with Crippen LogP contribution in [0.3, 0.4) is 0 Å². The molecule has 0 aliphatic carbocycles. The second-order valence-corrected chi connectivity index (χ2v) is 6.73. The van der Waals surface area contributed by atoms with Crippen LogP contribution in [0.5, 0.6) is 5.88 Å². The lowest BCUT2D eigenvalue weighted by Crippen LogP contribution is -2.39. The van der Waals surface area contributed by atoms with Gasteiger partial charge in [0.15, 0.2) is 0 Å². The fourth-order valence-corrected chi connectivity index (χ4v) is 3.36. The topological polar surface area (TPSA) is 126 Å². The van der Waals surface area contributed by atoms with Crippen LogP contribution in [0.1, 0.15) is 47.4 Å². The number of azo groups is 1. The molecule has 1 aliphatic heterocycles. The quantitative estimate of drug-likeness (QED) is 0.608. The third-order valence-electron chi connectivity index (χ3n) is 5.10. The second-order valence-electron chi connectivity index (χ2n) is 6.73. The molecular formula is C19H21N5O5. The molecule has 0 atom stereocenters. The summed E-state index contributed by atoms with van der Waals surface area (Å²) in [4.78, 5) is 51.0. The molecule has 0 fully saturated rings. The Morgan fingerprint density at radius 1 is 0.966 bits per heavy atom. The molecule has 152 valence electrons. The summed E-state index contributed by atoms with van der Waals surface area (Å²) in [5.41, 5.74) is -1.56. The first kappa shape index (κ1) is 20.2. The minimum absolute atomic E-state index is 0.101. The highest BCUT2D eigenvalue weighted by atomic mass is 16.3. The van der Waals surface area contributed by atoms with Crippen molar-refractivity contribution in [2.75, 3.05) is 0 Å². The van der Waals surface area contributed by atoms with E-state index < -0.39 is 34.6 Å². The summed E-state index contributed by atoms with van der Waals surface area (Å²) in [5, 5.41) is 17.8. The van der Waals surface area contributed by atoms with Crippen molar-refractivity contribution in [1.29, 1.82) is 0 Å². The molecule has 0 bridgehead atoms. The van der Waals surface area contributed by atoms with Gasteiger partial charge in [0.2, 0.25) is 11.6 Å². The minimum atomic E-state index is -0.831. The molecule has 1 aromatic heterocycles. The lowest BCUT2D eigenvalue weighted by atomic mass is 10.1. The normalized spacial score (nSPS) is 13.8. The van der Waals surface area contributed by atoms with Crippen molar-refractivity contribution in [3.05, 3.63) is 50.2 Å². The lowest BCUT2D eigenvalue weighted by Gasteiger charge is -2.23. The monoisotopic (exact) mass is 399 g/mol. The molecule has 2 amide bonds. The summed E-state index contributed by atoms with van der Waals surface area (Å²) in [6, 6.07) is 4.37. The number of benzene rings is 1. The van der Waals surface area contributed by atoms with Crippen molar-refractivity contribution in [2.24, 2.45) is 24.3 Å². The third-order valence-corrected chi connectivity index (χ3v) is 5.10. The van der Waals surface area contributed by atoms with E-state index in [0.717, 1.165) is 9.13 Å². The average molecular weight is 399 g/mol. The molecule has 10 heteroatoms. The number of aromatic nitrogens is 2. The zero-order valence-corrected chi connectivity index (χ0v) is 16.5. The van der Waals surface area contributed by atoms with Crippen LogP contribution in [-0.4, -0.2) is 37.0 Å². The van der Waals surface area contributed by atoms with Crippen LogP contribution in [-0.2, 0) is 14.1 Å². The first-order valence-corrected chi connectivity index (χ1v) is 9.16. The Hall–Kier alpha value is -3.56. The number of amides is 2. The van der Waals surface area contributed by atoms with Gasteiger partial charge in [-0.05, 0) is 25.0 Å².